The number of aromatic nitrogens is 1. The molecule has 0 bridgehead atoms. The van der Waals surface area contributed by atoms with Gasteiger partial charge in [0, 0.05) is 11.6 Å². The lowest BCUT2D eigenvalue weighted by molar-refractivity contribution is -0.143. The topological polar surface area (TPSA) is 77.9 Å². The van der Waals surface area contributed by atoms with Crippen LogP contribution in [0.4, 0.5) is 5.82 Å². The van der Waals surface area contributed by atoms with Crippen LogP contribution in [-0.4, -0.2) is 27.3 Å². The maximum absolute atomic E-state index is 12.3. The molecule has 1 aromatic carbocycles. The largest absolute Gasteiger partial charge is 0.424 e. The van der Waals surface area contributed by atoms with Gasteiger partial charge in [-0.05, 0) is 52.7 Å². The number of hydrogen-bond donors (Lipinski definition) is 2. The van der Waals surface area contributed by atoms with E-state index in [9.17, 15) is 9.90 Å². The molecule has 140 valence electrons. The Labute approximate surface area is 158 Å². The number of fused-ring (bicyclic) bond motifs is 1. The molecule has 1 atom stereocenters. The zero-order chi connectivity index (χ0) is 19.8. The van der Waals surface area contributed by atoms with Crippen LogP contribution in [0, 0.1) is 31.2 Å². The zero-order valence-electron chi connectivity index (χ0n) is 16.1. The van der Waals surface area contributed by atoms with E-state index < -0.39 is 11.6 Å². The zero-order valence-corrected chi connectivity index (χ0v) is 16.1. The molecule has 0 fully saturated rings. The summed E-state index contributed by atoms with van der Waals surface area (Å²) in [5.74, 6) is 3.38. The summed E-state index contributed by atoms with van der Waals surface area (Å²) in [6.07, 6.45) is 0.364. The highest BCUT2D eigenvalue weighted by atomic mass is 16.5. The molecule has 6 nitrogen and oxygen atoms in total. The summed E-state index contributed by atoms with van der Waals surface area (Å²) < 4.78 is 5.56. The van der Waals surface area contributed by atoms with Crippen molar-refractivity contribution in [1.82, 2.24) is 9.88 Å². The van der Waals surface area contributed by atoms with E-state index in [-0.39, 0.29) is 5.97 Å². The molecule has 0 amide bonds. The molecular formula is C21H23N3O3. The van der Waals surface area contributed by atoms with Crippen molar-refractivity contribution in [2.75, 3.05) is 0 Å². The van der Waals surface area contributed by atoms with Crippen LogP contribution in [0.15, 0.2) is 29.3 Å². The first-order valence-electron chi connectivity index (χ1n) is 8.70. The second-order valence-electron chi connectivity index (χ2n) is 7.61. The Bertz CT molecular complexity index is 954. The molecule has 0 spiro atoms. The lowest BCUT2D eigenvalue weighted by atomic mass is 9.97. The van der Waals surface area contributed by atoms with Crippen molar-refractivity contribution < 1.29 is 14.6 Å². The lowest BCUT2D eigenvalue weighted by Gasteiger charge is -2.24. The van der Waals surface area contributed by atoms with Gasteiger partial charge in [0.15, 0.2) is 12.0 Å². The van der Waals surface area contributed by atoms with Gasteiger partial charge < -0.3 is 14.8 Å². The van der Waals surface area contributed by atoms with Crippen LogP contribution in [0.3, 0.4) is 0 Å². The van der Waals surface area contributed by atoms with E-state index in [4.69, 9.17) is 4.74 Å². The molecule has 0 saturated heterocycles. The molecule has 6 heteroatoms. The number of hydrogen-bond acceptors (Lipinski definition) is 5. The maximum atomic E-state index is 12.3. The molecule has 0 saturated carbocycles. The van der Waals surface area contributed by atoms with Crippen molar-refractivity contribution in [3.8, 4) is 17.7 Å². The van der Waals surface area contributed by atoms with Gasteiger partial charge in [-0.25, -0.2) is 4.99 Å². The number of nitrogens with one attached hydrogen (secondary N) is 1. The highest BCUT2D eigenvalue weighted by molar-refractivity contribution is 5.80. The van der Waals surface area contributed by atoms with E-state index in [1.807, 2.05) is 31.2 Å². The van der Waals surface area contributed by atoms with Crippen LogP contribution in [0.25, 0.3) is 0 Å². The first kappa shape index (κ1) is 18.7. The molecule has 2 heterocycles. The Balaban J connectivity index is 1.89. The fourth-order valence-electron chi connectivity index (χ4n) is 2.51. The minimum absolute atomic E-state index is 0.302. The second kappa shape index (κ2) is 6.93. The van der Waals surface area contributed by atoms with E-state index in [2.05, 4.69) is 21.9 Å². The van der Waals surface area contributed by atoms with Gasteiger partial charge in [-0.3, -0.25) is 9.69 Å². The van der Waals surface area contributed by atoms with E-state index >= 15 is 0 Å². The lowest BCUT2D eigenvalue weighted by Crippen LogP contribution is -2.28. The van der Waals surface area contributed by atoms with E-state index in [1.54, 1.807) is 27.7 Å². The number of nitrogens with zero attached hydrogens (tertiary/aromatic N) is 2. The number of benzene rings is 1. The number of ether oxygens (including phenoxy) is 1. The summed E-state index contributed by atoms with van der Waals surface area (Å²) in [4.78, 5) is 21.0. The average Bonchev–Trinajstić information content (AvgIpc) is 2.91. The fourth-order valence-corrected chi connectivity index (χ4v) is 2.51. The number of aliphatic imine (C=N–C) groups is 1. The van der Waals surface area contributed by atoms with Gasteiger partial charge in [-0.15, -0.1) is 0 Å². The Morgan fingerprint density at radius 1 is 1.26 bits per heavy atom. The van der Waals surface area contributed by atoms with Crippen molar-refractivity contribution in [1.29, 1.82) is 0 Å². The van der Waals surface area contributed by atoms with Crippen LogP contribution < -0.4 is 4.74 Å². The quantitative estimate of drug-likeness (QED) is 0.598. The smallest absolute Gasteiger partial charge is 0.316 e. The van der Waals surface area contributed by atoms with Crippen molar-refractivity contribution in [3.05, 3.63) is 46.6 Å². The second-order valence-corrected chi connectivity index (χ2v) is 7.61. The summed E-state index contributed by atoms with van der Waals surface area (Å²) in [5, 5.41) is 10.8. The number of carbonyl (C=O) groups is 1. The highest BCUT2D eigenvalue weighted by Gasteiger charge is 2.33. The number of aryl methyl sites for hydroxylation is 2. The summed E-state index contributed by atoms with van der Waals surface area (Å²) in [6, 6.07) is 10.7. The third-order valence-electron chi connectivity index (χ3n) is 4.17. The van der Waals surface area contributed by atoms with Crippen molar-refractivity contribution in [2.24, 2.45) is 10.4 Å². The van der Waals surface area contributed by atoms with E-state index in [0.717, 1.165) is 11.1 Å². The molecule has 0 radical (unpaired) electrons. The number of carbonyl (C=O) groups excluding carboxylic acids is 1. The van der Waals surface area contributed by atoms with Crippen molar-refractivity contribution >= 4 is 18.1 Å². The van der Waals surface area contributed by atoms with Gasteiger partial charge in [0.1, 0.15) is 12.2 Å². The van der Waals surface area contributed by atoms with Crippen LogP contribution in [0.2, 0.25) is 0 Å². The minimum atomic E-state index is -1.09. The summed E-state index contributed by atoms with van der Waals surface area (Å²) in [6.45, 7) is 9.11. The number of rotatable bonds is 1. The molecule has 1 aliphatic heterocycles. The molecular weight excluding hydrogens is 342 g/mol. The molecule has 1 unspecified atom stereocenters. The summed E-state index contributed by atoms with van der Waals surface area (Å²) >= 11 is 0. The van der Waals surface area contributed by atoms with Gasteiger partial charge in [-0.2, -0.15) is 0 Å². The Morgan fingerprint density at radius 2 is 1.93 bits per heavy atom. The first-order chi connectivity index (χ1) is 12.7. The SMILES string of the molecule is Cc1ccc(C#CN2C=Nc3[nH]c(C)c(OC(=O)C(C)(C)C)c3C2O)cc1. The highest BCUT2D eigenvalue weighted by Crippen LogP contribution is 2.41. The number of aromatic amines is 1. The van der Waals surface area contributed by atoms with Crippen LogP contribution in [0.1, 0.15) is 49.4 Å². The van der Waals surface area contributed by atoms with Gasteiger partial charge in [0.05, 0.1) is 16.7 Å². The Kier molecular flexibility index (Phi) is 4.81. The van der Waals surface area contributed by atoms with E-state index in [0.29, 0.717) is 22.8 Å². The average molecular weight is 365 g/mol. The number of esters is 1. The minimum Gasteiger partial charge on any atom is -0.424 e. The van der Waals surface area contributed by atoms with Crippen molar-refractivity contribution in [3.63, 3.8) is 0 Å². The van der Waals surface area contributed by atoms with Gasteiger partial charge in [0.2, 0.25) is 0 Å². The van der Waals surface area contributed by atoms with Crippen LogP contribution in [0.5, 0.6) is 5.75 Å². The van der Waals surface area contributed by atoms with Gasteiger partial charge >= 0.3 is 5.97 Å². The number of aliphatic hydroxyl groups is 1. The molecule has 2 aromatic rings. The van der Waals surface area contributed by atoms with E-state index in [1.165, 1.54) is 11.2 Å². The third kappa shape index (κ3) is 3.88. The molecule has 3 rings (SSSR count). The third-order valence-corrected chi connectivity index (χ3v) is 4.17. The van der Waals surface area contributed by atoms with Crippen molar-refractivity contribution in [2.45, 2.75) is 40.8 Å². The van der Waals surface area contributed by atoms with Crippen LogP contribution >= 0.6 is 0 Å². The monoisotopic (exact) mass is 365 g/mol. The van der Waals surface area contributed by atoms with Gasteiger partial charge in [-0.1, -0.05) is 17.7 Å². The predicted molar refractivity (Wildman–Crippen MR) is 104 cm³/mol. The molecule has 2 N–H and O–H groups in total. The number of aliphatic hydroxyl groups excluding tert-OH is 1. The fraction of sp³-hybridized carbons (Fsp3) is 0.333. The standard InChI is InChI=1S/C21H23N3O3/c1-13-6-8-15(9-7-13)10-11-24-12-22-18-16(19(24)25)17(14(2)23-18)27-20(26)21(3,4)5/h6-9,12,19,23,25H,1-5H3. The normalized spacial score (nSPS) is 15.8. The van der Waals surface area contributed by atoms with Crippen LogP contribution in [-0.2, 0) is 4.79 Å². The Hall–Kier alpha value is -3.04. The molecule has 27 heavy (non-hydrogen) atoms. The first-order valence-corrected chi connectivity index (χ1v) is 8.70. The summed E-state index contributed by atoms with van der Waals surface area (Å²) in [7, 11) is 0. The Morgan fingerprint density at radius 3 is 2.56 bits per heavy atom. The molecule has 1 aliphatic rings. The molecule has 0 aliphatic carbocycles. The maximum Gasteiger partial charge on any atom is 0.316 e. The van der Waals surface area contributed by atoms with Gasteiger partial charge in [0.25, 0.3) is 0 Å². The predicted octanol–water partition coefficient (Wildman–Crippen LogP) is 3.56. The summed E-state index contributed by atoms with van der Waals surface area (Å²) in [5.41, 5.74) is 2.35. The number of H-pyrrole nitrogens is 1. The molecule has 1 aromatic heterocycles.